The number of nitrogens with zero attached hydrogens (tertiary/aromatic N) is 3. The lowest BCUT2D eigenvalue weighted by Gasteiger charge is -2.06. The molecule has 0 unspecified atom stereocenters. The minimum absolute atomic E-state index is 0.171. The van der Waals surface area contributed by atoms with E-state index in [1.54, 1.807) is 6.07 Å². The summed E-state index contributed by atoms with van der Waals surface area (Å²) >= 11 is 7.59. The number of halogens is 1. The van der Waals surface area contributed by atoms with E-state index in [0.717, 1.165) is 16.9 Å². The van der Waals surface area contributed by atoms with Gasteiger partial charge in [-0.25, -0.2) is 4.40 Å². The molecular formula is C24H16ClN3O2S. The highest BCUT2D eigenvalue weighted by Crippen LogP contribution is 2.26. The first-order valence-corrected chi connectivity index (χ1v) is 10.8. The normalized spacial score (nSPS) is 11.8. The molecule has 0 fully saturated rings. The van der Waals surface area contributed by atoms with Crippen LogP contribution in [0.5, 0.6) is 5.75 Å². The molecular weight excluding hydrogens is 430 g/mol. The van der Waals surface area contributed by atoms with Gasteiger partial charge in [0.15, 0.2) is 5.82 Å². The monoisotopic (exact) mass is 445 g/mol. The number of benzene rings is 3. The molecule has 2 aromatic heterocycles. The Bertz CT molecular complexity index is 1480. The summed E-state index contributed by atoms with van der Waals surface area (Å²) in [4.78, 5) is 13.6. The summed E-state index contributed by atoms with van der Waals surface area (Å²) in [5, 5.41) is 8.86. The van der Waals surface area contributed by atoms with Gasteiger partial charge in [0.25, 0.3) is 5.56 Å². The number of thiazole rings is 1. The summed E-state index contributed by atoms with van der Waals surface area (Å²) in [6.45, 7) is 0.483. The van der Waals surface area contributed by atoms with Crippen molar-refractivity contribution >= 4 is 34.0 Å². The molecule has 0 aliphatic rings. The predicted molar refractivity (Wildman–Crippen MR) is 124 cm³/mol. The molecule has 31 heavy (non-hydrogen) atoms. The van der Waals surface area contributed by atoms with Crippen LogP contribution < -0.4 is 14.8 Å². The third-order valence-corrected chi connectivity index (χ3v) is 6.06. The lowest BCUT2D eigenvalue weighted by Crippen LogP contribution is -2.23. The zero-order valence-corrected chi connectivity index (χ0v) is 17.8. The summed E-state index contributed by atoms with van der Waals surface area (Å²) in [6, 6.07) is 24.9. The Kier molecular flexibility index (Phi) is 5.24. The molecule has 0 amide bonds. The van der Waals surface area contributed by atoms with Crippen LogP contribution in [0.4, 0.5) is 0 Å². The molecule has 0 N–H and O–H groups in total. The van der Waals surface area contributed by atoms with Gasteiger partial charge < -0.3 is 4.74 Å². The number of hydrogen-bond donors (Lipinski definition) is 0. The molecule has 0 spiro atoms. The molecule has 5 rings (SSSR count). The third kappa shape index (κ3) is 3.95. The van der Waals surface area contributed by atoms with Gasteiger partial charge in [-0.1, -0.05) is 77.5 Å². The number of fused-ring (bicyclic) bond motifs is 1. The summed E-state index contributed by atoms with van der Waals surface area (Å²) < 4.78 is 7.97. The van der Waals surface area contributed by atoms with Gasteiger partial charge in [0.2, 0.25) is 4.96 Å². The molecule has 0 aliphatic carbocycles. The van der Waals surface area contributed by atoms with Crippen molar-refractivity contribution in [3.05, 3.63) is 110 Å². The first-order valence-electron chi connectivity index (χ1n) is 9.60. The Balaban J connectivity index is 1.49. The van der Waals surface area contributed by atoms with E-state index in [0.29, 0.717) is 32.5 Å². The largest absolute Gasteiger partial charge is 0.489 e. The van der Waals surface area contributed by atoms with Gasteiger partial charge in [-0.05, 0) is 41.5 Å². The maximum Gasteiger partial charge on any atom is 0.276 e. The number of ether oxygens (including phenoxy) is 1. The number of hydrogen-bond acceptors (Lipinski definition) is 5. The molecule has 0 saturated carbocycles. The van der Waals surface area contributed by atoms with Gasteiger partial charge in [-0.2, -0.15) is 0 Å². The van der Waals surface area contributed by atoms with E-state index in [9.17, 15) is 4.79 Å². The van der Waals surface area contributed by atoms with E-state index >= 15 is 0 Å². The Morgan fingerprint density at radius 3 is 2.61 bits per heavy atom. The van der Waals surface area contributed by atoms with Crippen molar-refractivity contribution in [1.82, 2.24) is 14.6 Å². The molecule has 0 bridgehead atoms. The lowest BCUT2D eigenvalue weighted by atomic mass is 10.2. The molecule has 5 nitrogen and oxygen atoms in total. The van der Waals surface area contributed by atoms with E-state index in [1.807, 2.05) is 78.9 Å². The summed E-state index contributed by atoms with van der Waals surface area (Å²) in [5.74, 6) is 1.19. The minimum atomic E-state index is -0.171. The quantitative estimate of drug-likeness (QED) is 0.397. The Morgan fingerprint density at radius 2 is 1.77 bits per heavy atom. The molecule has 5 aromatic rings. The fourth-order valence-electron chi connectivity index (χ4n) is 3.27. The van der Waals surface area contributed by atoms with Gasteiger partial charge in [0, 0.05) is 5.56 Å². The van der Waals surface area contributed by atoms with E-state index in [-0.39, 0.29) is 5.56 Å². The second-order valence-corrected chi connectivity index (χ2v) is 8.30. The second kappa shape index (κ2) is 8.34. The highest BCUT2D eigenvalue weighted by molar-refractivity contribution is 7.15. The van der Waals surface area contributed by atoms with Crippen LogP contribution in [-0.4, -0.2) is 14.6 Å². The van der Waals surface area contributed by atoms with E-state index in [2.05, 4.69) is 10.2 Å². The third-order valence-electron chi connectivity index (χ3n) is 4.77. The molecule has 152 valence electrons. The average Bonchev–Trinajstić information content (AvgIpc) is 3.34. The average molecular weight is 446 g/mol. The zero-order chi connectivity index (χ0) is 21.2. The molecule has 2 heterocycles. The van der Waals surface area contributed by atoms with Crippen LogP contribution in [0.3, 0.4) is 0 Å². The van der Waals surface area contributed by atoms with Crippen LogP contribution in [0.25, 0.3) is 22.4 Å². The summed E-state index contributed by atoms with van der Waals surface area (Å²) in [7, 11) is 0. The van der Waals surface area contributed by atoms with E-state index in [1.165, 1.54) is 15.7 Å². The topological polar surface area (TPSA) is 56.5 Å². The van der Waals surface area contributed by atoms with Crippen LogP contribution >= 0.6 is 22.9 Å². The molecule has 0 aliphatic heterocycles. The van der Waals surface area contributed by atoms with Crippen LogP contribution in [0.1, 0.15) is 11.1 Å². The van der Waals surface area contributed by atoms with Crippen LogP contribution in [-0.2, 0) is 6.61 Å². The maximum absolute atomic E-state index is 13.1. The maximum atomic E-state index is 13.1. The van der Waals surface area contributed by atoms with Crippen molar-refractivity contribution in [2.75, 3.05) is 0 Å². The first-order chi connectivity index (χ1) is 15.2. The van der Waals surface area contributed by atoms with Crippen LogP contribution in [0, 0.1) is 0 Å². The highest BCUT2D eigenvalue weighted by Gasteiger charge is 2.16. The van der Waals surface area contributed by atoms with E-state index < -0.39 is 0 Å². The molecule has 3 aromatic carbocycles. The molecule has 0 radical (unpaired) electrons. The molecule has 0 atom stereocenters. The van der Waals surface area contributed by atoms with Crippen molar-refractivity contribution in [2.24, 2.45) is 0 Å². The van der Waals surface area contributed by atoms with Gasteiger partial charge in [-0.15, -0.1) is 10.2 Å². The second-order valence-electron chi connectivity index (χ2n) is 6.88. The van der Waals surface area contributed by atoms with Crippen molar-refractivity contribution in [3.63, 3.8) is 0 Å². The fraction of sp³-hybridized carbons (Fsp3) is 0.0417. The van der Waals surface area contributed by atoms with Gasteiger partial charge in [-0.3, -0.25) is 4.79 Å². The standard InChI is InChI=1S/C24H16ClN3O2S/c25-20-12-5-4-11-19(20)22-26-27-24-28(22)23(29)21(31-24)14-17-9-6-10-18(13-17)30-15-16-7-2-1-3-8-16/h1-14H,15H2/b21-14-. The van der Waals surface area contributed by atoms with Gasteiger partial charge in [0.1, 0.15) is 12.4 Å². The molecule has 7 heteroatoms. The smallest absolute Gasteiger partial charge is 0.276 e. The highest BCUT2D eigenvalue weighted by atomic mass is 35.5. The lowest BCUT2D eigenvalue weighted by molar-refractivity contribution is 0.306. The van der Waals surface area contributed by atoms with Crippen LogP contribution in [0.2, 0.25) is 5.02 Å². The van der Waals surface area contributed by atoms with E-state index in [4.69, 9.17) is 16.3 Å². The Hall–Kier alpha value is -3.48. The van der Waals surface area contributed by atoms with Crippen LogP contribution in [0.15, 0.2) is 83.7 Å². The fourth-order valence-corrected chi connectivity index (χ4v) is 4.40. The van der Waals surface area contributed by atoms with Crippen molar-refractivity contribution in [2.45, 2.75) is 6.61 Å². The number of rotatable bonds is 5. The predicted octanol–water partition coefficient (Wildman–Crippen LogP) is 4.60. The Labute approximate surface area is 186 Å². The first kappa shape index (κ1) is 19.5. The zero-order valence-electron chi connectivity index (χ0n) is 16.2. The minimum Gasteiger partial charge on any atom is -0.489 e. The van der Waals surface area contributed by atoms with Gasteiger partial charge >= 0.3 is 0 Å². The van der Waals surface area contributed by atoms with Gasteiger partial charge in [0.05, 0.1) is 9.55 Å². The SMILES string of the molecule is O=c1/c(=C/c2cccc(OCc3ccccc3)c2)sc2nnc(-c3ccccc3Cl)n12. The summed E-state index contributed by atoms with van der Waals surface area (Å²) in [6.07, 6.45) is 1.84. The Morgan fingerprint density at radius 1 is 0.968 bits per heavy atom. The van der Waals surface area contributed by atoms with Crippen molar-refractivity contribution in [1.29, 1.82) is 0 Å². The summed E-state index contributed by atoms with van der Waals surface area (Å²) in [5.41, 5.74) is 2.47. The number of aromatic nitrogens is 3. The van der Waals surface area contributed by atoms with Crippen molar-refractivity contribution < 1.29 is 4.74 Å². The van der Waals surface area contributed by atoms with Crippen molar-refractivity contribution in [3.8, 4) is 17.1 Å². The molecule has 0 saturated heterocycles.